The quantitative estimate of drug-likeness (QED) is 0.281. The summed E-state index contributed by atoms with van der Waals surface area (Å²) in [6.07, 6.45) is 3.48. The van der Waals surface area contributed by atoms with Gasteiger partial charge in [-0.25, -0.2) is 19.5 Å². The van der Waals surface area contributed by atoms with Crippen molar-refractivity contribution in [3.8, 4) is 0 Å². The minimum absolute atomic E-state index is 0.0317. The van der Waals surface area contributed by atoms with Gasteiger partial charge in [0.15, 0.2) is 23.5 Å². The Morgan fingerprint density at radius 1 is 1.33 bits per heavy atom. The SMILES string of the molecule is O=C(Cc1nc(/C=C/Br)nc2c1ncn2[C@@H]1O[C@H](COP(=O)(O)O)CC1O)c1ccncc1. The average molecular weight is 540 g/mol. The number of hydrogen-bond donors (Lipinski definition) is 3. The lowest BCUT2D eigenvalue weighted by Gasteiger charge is -2.17. The normalized spacial score (nSPS) is 21.3. The van der Waals surface area contributed by atoms with Crippen LogP contribution < -0.4 is 0 Å². The molecule has 0 aliphatic carbocycles. The van der Waals surface area contributed by atoms with Crippen LogP contribution in [0.5, 0.6) is 0 Å². The van der Waals surface area contributed by atoms with E-state index in [-0.39, 0.29) is 25.2 Å². The molecule has 4 heterocycles. The van der Waals surface area contributed by atoms with Crippen LogP contribution >= 0.6 is 23.8 Å². The summed E-state index contributed by atoms with van der Waals surface area (Å²) < 4.78 is 22.7. The minimum atomic E-state index is -4.67. The van der Waals surface area contributed by atoms with Crippen molar-refractivity contribution >= 4 is 46.8 Å². The summed E-state index contributed by atoms with van der Waals surface area (Å²) in [5, 5.41) is 10.5. The minimum Gasteiger partial charge on any atom is -0.388 e. The van der Waals surface area contributed by atoms with E-state index in [1.165, 1.54) is 23.3 Å². The Kier molecular flexibility index (Phi) is 7.10. The molecule has 1 saturated heterocycles. The van der Waals surface area contributed by atoms with Gasteiger partial charge >= 0.3 is 7.82 Å². The summed E-state index contributed by atoms with van der Waals surface area (Å²) >= 11 is 3.19. The summed E-state index contributed by atoms with van der Waals surface area (Å²) in [6, 6.07) is 3.22. The third-order valence-electron chi connectivity index (χ3n) is 4.92. The molecule has 0 spiro atoms. The zero-order valence-corrected chi connectivity index (χ0v) is 19.4. The molecule has 3 aromatic rings. The van der Waals surface area contributed by atoms with E-state index in [0.29, 0.717) is 28.2 Å². The lowest BCUT2D eigenvalue weighted by molar-refractivity contribution is -0.0481. The number of halogens is 1. The Bertz CT molecular complexity index is 1230. The highest BCUT2D eigenvalue weighted by atomic mass is 79.9. The molecule has 0 amide bonds. The van der Waals surface area contributed by atoms with Crippen molar-refractivity contribution in [2.45, 2.75) is 31.3 Å². The summed E-state index contributed by atoms with van der Waals surface area (Å²) in [5.41, 5.74) is 1.59. The highest BCUT2D eigenvalue weighted by molar-refractivity contribution is 9.11. The second-order valence-corrected chi connectivity index (χ2v) is 8.99. The Morgan fingerprint density at radius 2 is 2.09 bits per heavy atom. The standard InChI is InChI=1S/C19H19BrN5O7P/c20-4-1-16-23-13(8-14(26)11-2-5-21-6-3-11)17-18(24-16)25(10-22-17)19-15(27)7-12(32-19)9-31-33(28,29)30/h1-6,10,12,15,19,27H,7-9H2,(H2,28,29,30)/b4-1+/t12-,15?,19+/m0/s1. The fourth-order valence-corrected chi connectivity index (χ4v) is 4.09. The third kappa shape index (κ3) is 5.58. The molecular weight excluding hydrogens is 521 g/mol. The molecule has 3 atom stereocenters. The molecule has 1 fully saturated rings. The second kappa shape index (κ2) is 9.85. The largest absolute Gasteiger partial charge is 0.469 e. The molecule has 174 valence electrons. The van der Waals surface area contributed by atoms with E-state index in [1.54, 1.807) is 23.2 Å². The van der Waals surface area contributed by atoms with E-state index in [1.807, 2.05) is 0 Å². The van der Waals surface area contributed by atoms with E-state index in [4.69, 9.17) is 14.5 Å². The predicted octanol–water partition coefficient (Wildman–Crippen LogP) is 1.77. The molecule has 1 aliphatic heterocycles. The first-order valence-corrected chi connectivity index (χ1v) is 12.2. The van der Waals surface area contributed by atoms with Crippen LogP contribution in [-0.2, 0) is 20.2 Å². The monoisotopic (exact) mass is 539 g/mol. The molecule has 33 heavy (non-hydrogen) atoms. The van der Waals surface area contributed by atoms with Gasteiger partial charge < -0.3 is 19.6 Å². The number of nitrogens with zero attached hydrogens (tertiary/aromatic N) is 5. The van der Waals surface area contributed by atoms with Crippen molar-refractivity contribution in [3.05, 3.63) is 52.9 Å². The molecule has 0 radical (unpaired) electrons. The van der Waals surface area contributed by atoms with Crippen molar-refractivity contribution in [2.75, 3.05) is 6.61 Å². The summed E-state index contributed by atoms with van der Waals surface area (Å²) in [7, 11) is -4.67. The van der Waals surface area contributed by atoms with Gasteiger partial charge in [0.2, 0.25) is 0 Å². The highest BCUT2D eigenvalue weighted by Gasteiger charge is 2.37. The number of ether oxygens (including phenoxy) is 1. The second-order valence-electron chi connectivity index (χ2n) is 7.22. The molecule has 1 unspecified atom stereocenters. The number of aliphatic hydroxyl groups is 1. The fraction of sp³-hybridized carbons (Fsp3) is 0.316. The molecule has 1 aliphatic rings. The first kappa shape index (κ1) is 23.8. The molecule has 14 heteroatoms. The van der Waals surface area contributed by atoms with Gasteiger partial charge in [-0.2, -0.15) is 0 Å². The van der Waals surface area contributed by atoms with Gasteiger partial charge in [0.1, 0.15) is 11.6 Å². The Labute approximate surface area is 195 Å². The van der Waals surface area contributed by atoms with Crippen LogP contribution in [0.15, 0.2) is 35.8 Å². The zero-order chi connectivity index (χ0) is 23.6. The van der Waals surface area contributed by atoms with E-state index in [9.17, 15) is 14.5 Å². The number of Topliss-reactive ketones (excluding diaryl/α,β-unsaturated/α-hetero) is 1. The van der Waals surface area contributed by atoms with Gasteiger partial charge in [-0.1, -0.05) is 15.9 Å². The summed E-state index contributed by atoms with van der Waals surface area (Å²) in [4.78, 5) is 49.3. The molecule has 0 saturated carbocycles. The lowest BCUT2D eigenvalue weighted by Crippen LogP contribution is -2.19. The van der Waals surface area contributed by atoms with Gasteiger partial charge in [-0.05, 0) is 23.2 Å². The molecule has 12 nitrogen and oxygen atoms in total. The number of rotatable bonds is 8. The number of phosphoric acid groups is 1. The van der Waals surface area contributed by atoms with Crippen LogP contribution in [0.3, 0.4) is 0 Å². The lowest BCUT2D eigenvalue weighted by atomic mass is 10.1. The van der Waals surface area contributed by atoms with Crippen molar-refractivity contribution in [1.29, 1.82) is 0 Å². The van der Waals surface area contributed by atoms with Crippen LogP contribution in [0.25, 0.3) is 17.2 Å². The van der Waals surface area contributed by atoms with Crippen molar-refractivity contribution in [2.24, 2.45) is 0 Å². The topological polar surface area (TPSA) is 170 Å². The van der Waals surface area contributed by atoms with Crippen LogP contribution in [-0.4, -0.2) is 64.0 Å². The van der Waals surface area contributed by atoms with E-state index in [0.717, 1.165) is 0 Å². The molecule has 3 N–H and O–H groups in total. The number of fused-ring (bicyclic) bond motifs is 1. The number of aromatic nitrogens is 5. The van der Waals surface area contributed by atoms with E-state index in [2.05, 4.69) is 40.4 Å². The fourth-order valence-electron chi connectivity index (χ4n) is 3.49. The number of carbonyl (C=O) groups is 1. The zero-order valence-electron chi connectivity index (χ0n) is 16.9. The molecule has 4 rings (SSSR count). The van der Waals surface area contributed by atoms with Gasteiger partial charge in [0.05, 0.1) is 31.2 Å². The van der Waals surface area contributed by atoms with Crippen LogP contribution in [0, 0.1) is 0 Å². The highest BCUT2D eigenvalue weighted by Crippen LogP contribution is 2.38. The number of phosphoric ester groups is 1. The summed E-state index contributed by atoms with van der Waals surface area (Å²) in [6.45, 7) is -0.386. The third-order valence-corrected chi connectivity index (χ3v) is 5.67. The number of hydrogen-bond acceptors (Lipinski definition) is 9. The number of imidazole rings is 1. The maximum Gasteiger partial charge on any atom is 0.469 e. The number of carbonyl (C=O) groups excluding carboxylic acids is 1. The van der Waals surface area contributed by atoms with Crippen LogP contribution in [0.2, 0.25) is 0 Å². The molecule has 0 bridgehead atoms. The number of aliphatic hydroxyl groups excluding tert-OH is 1. The van der Waals surface area contributed by atoms with Gasteiger partial charge in [-0.3, -0.25) is 18.9 Å². The van der Waals surface area contributed by atoms with Crippen molar-refractivity contribution in [3.63, 3.8) is 0 Å². The summed E-state index contributed by atoms with van der Waals surface area (Å²) in [5.74, 6) is 0.139. The van der Waals surface area contributed by atoms with Gasteiger partial charge in [-0.15, -0.1) is 0 Å². The Balaban J connectivity index is 1.65. The smallest absolute Gasteiger partial charge is 0.388 e. The van der Waals surface area contributed by atoms with Gasteiger partial charge in [0, 0.05) is 24.4 Å². The van der Waals surface area contributed by atoms with Crippen LogP contribution in [0.4, 0.5) is 0 Å². The number of pyridine rings is 1. The maximum absolute atomic E-state index is 12.7. The van der Waals surface area contributed by atoms with Crippen LogP contribution in [0.1, 0.15) is 34.5 Å². The molecule has 0 aromatic carbocycles. The van der Waals surface area contributed by atoms with E-state index >= 15 is 0 Å². The Hall–Kier alpha value is -2.38. The maximum atomic E-state index is 12.7. The average Bonchev–Trinajstić information content (AvgIpc) is 3.35. The van der Waals surface area contributed by atoms with Crippen molar-refractivity contribution in [1.82, 2.24) is 24.5 Å². The first-order chi connectivity index (χ1) is 15.7. The molecular formula is C19H19BrN5O7P. The predicted molar refractivity (Wildman–Crippen MR) is 118 cm³/mol. The first-order valence-electron chi connectivity index (χ1n) is 9.72. The molecule has 3 aromatic heterocycles. The Morgan fingerprint density at radius 3 is 2.79 bits per heavy atom. The van der Waals surface area contributed by atoms with Crippen molar-refractivity contribution < 1.29 is 33.5 Å². The van der Waals surface area contributed by atoms with Gasteiger partial charge in [0.25, 0.3) is 0 Å². The number of ketones is 1. The van der Waals surface area contributed by atoms with E-state index < -0.39 is 26.3 Å².